The average molecular weight is 680 g/mol. The molecule has 0 amide bonds. The summed E-state index contributed by atoms with van der Waals surface area (Å²) in [5.74, 6) is 1.21. The number of sulfone groups is 1. The molecule has 0 unspecified atom stereocenters. The monoisotopic (exact) mass is 679 g/mol. The van der Waals surface area contributed by atoms with Crippen molar-refractivity contribution in [3.05, 3.63) is 66.6 Å². The Bertz CT molecular complexity index is 1670. The van der Waals surface area contributed by atoms with Crippen molar-refractivity contribution in [2.45, 2.75) is 70.1 Å². The molecule has 9 nitrogen and oxygen atoms in total. The lowest BCUT2D eigenvalue weighted by atomic mass is 9.98. The summed E-state index contributed by atoms with van der Waals surface area (Å²) < 4.78 is 39.0. The molecule has 1 fully saturated rings. The molecule has 4 heterocycles. The summed E-state index contributed by atoms with van der Waals surface area (Å²) in [6, 6.07) is 18.5. The summed E-state index contributed by atoms with van der Waals surface area (Å²) in [7, 11) is -5.54. The molecule has 1 aliphatic rings. The minimum absolute atomic E-state index is 0.0332. The summed E-state index contributed by atoms with van der Waals surface area (Å²) in [5, 5.41) is 4.82. The number of hydrogen-bond donors (Lipinski definition) is 0. The largest absolute Gasteiger partial charge is 0.361 e. The summed E-state index contributed by atoms with van der Waals surface area (Å²) in [5.41, 5.74) is 5.31. The normalized spacial score (nSPS) is 15.8. The fraction of sp³-hybridized carbons (Fsp3) is 0.500. The summed E-state index contributed by atoms with van der Waals surface area (Å²) in [6.45, 7) is 16.2. The third kappa shape index (κ3) is 9.34. The first-order valence-corrected chi connectivity index (χ1v) is 25.5. The topological polar surface area (TPSA) is 98.9 Å². The second kappa shape index (κ2) is 14.5. The molecular weight excluding hydrogens is 631 g/mol. The molecule has 1 saturated heterocycles. The van der Waals surface area contributed by atoms with Gasteiger partial charge in [0.1, 0.15) is 29.1 Å². The van der Waals surface area contributed by atoms with E-state index in [9.17, 15) is 8.42 Å². The van der Waals surface area contributed by atoms with Gasteiger partial charge in [-0.05, 0) is 36.6 Å². The van der Waals surface area contributed by atoms with Crippen molar-refractivity contribution in [2.24, 2.45) is 0 Å². The molecule has 1 aliphatic heterocycles. The highest BCUT2D eigenvalue weighted by Crippen LogP contribution is 2.33. The van der Waals surface area contributed by atoms with Gasteiger partial charge >= 0.3 is 0 Å². The Morgan fingerprint density at radius 3 is 2.04 bits per heavy atom. The van der Waals surface area contributed by atoms with Crippen LogP contribution in [0.3, 0.4) is 0 Å². The molecule has 3 aromatic heterocycles. The molecule has 0 spiro atoms. The van der Waals surface area contributed by atoms with Crippen molar-refractivity contribution in [3.63, 3.8) is 0 Å². The van der Waals surface area contributed by atoms with Crippen LogP contribution in [-0.2, 0) is 19.3 Å². The van der Waals surface area contributed by atoms with Gasteiger partial charge in [0.25, 0.3) is 0 Å². The van der Waals surface area contributed by atoms with Crippen LogP contribution in [0.15, 0.2) is 60.9 Å². The van der Waals surface area contributed by atoms with Gasteiger partial charge in [0.2, 0.25) is 0 Å². The van der Waals surface area contributed by atoms with Gasteiger partial charge in [-0.2, -0.15) is 9.61 Å². The molecule has 0 atom stereocenters. The highest BCUT2D eigenvalue weighted by molar-refractivity contribution is 7.91. The lowest BCUT2D eigenvalue weighted by Crippen LogP contribution is -2.33. The van der Waals surface area contributed by atoms with Crippen LogP contribution in [0.2, 0.25) is 51.4 Å². The van der Waals surface area contributed by atoms with Crippen molar-refractivity contribution in [3.8, 4) is 22.4 Å². The van der Waals surface area contributed by atoms with E-state index in [1.807, 2.05) is 41.2 Å². The van der Waals surface area contributed by atoms with Crippen LogP contribution in [-0.4, -0.2) is 82.3 Å². The Kier molecular flexibility index (Phi) is 10.8. The quantitative estimate of drug-likeness (QED) is 0.0786. The second-order valence-corrected chi connectivity index (χ2v) is 28.3. The molecule has 4 aromatic rings. The Morgan fingerprint density at radius 2 is 1.48 bits per heavy atom. The zero-order chi connectivity index (χ0) is 33.0. The van der Waals surface area contributed by atoms with E-state index >= 15 is 0 Å². The number of aromatic nitrogens is 4. The number of ether oxygens (including phenoxy) is 2. The van der Waals surface area contributed by atoms with Crippen molar-refractivity contribution in [2.75, 3.05) is 43.1 Å². The van der Waals surface area contributed by atoms with E-state index in [1.165, 1.54) is 0 Å². The van der Waals surface area contributed by atoms with Crippen LogP contribution in [0, 0.1) is 0 Å². The maximum Gasteiger partial charge on any atom is 0.167 e. The predicted molar refractivity (Wildman–Crippen MR) is 193 cm³/mol. The number of benzene rings is 1. The van der Waals surface area contributed by atoms with Crippen LogP contribution < -0.4 is 4.90 Å². The van der Waals surface area contributed by atoms with E-state index in [2.05, 4.69) is 68.4 Å². The second-order valence-electron chi connectivity index (χ2n) is 14.8. The first-order chi connectivity index (χ1) is 21.8. The zero-order valence-electron chi connectivity index (χ0n) is 28.2. The molecule has 248 valence electrons. The lowest BCUT2D eigenvalue weighted by molar-refractivity contribution is 0.0942. The highest BCUT2D eigenvalue weighted by Gasteiger charge is 2.28. The predicted octanol–water partition coefficient (Wildman–Crippen LogP) is 7.18. The molecule has 46 heavy (non-hydrogen) atoms. The molecule has 5 rings (SSSR count). The number of nitrogens with zero attached hydrogens (tertiary/aromatic N) is 5. The highest BCUT2D eigenvalue weighted by atomic mass is 32.2. The number of rotatable bonds is 14. The third-order valence-corrected chi connectivity index (χ3v) is 13.5. The number of anilines is 1. The van der Waals surface area contributed by atoms with E-state index in [-0.39, 0.29) is 17.4 Å². The van der Waals surface area contributed by atoms with Crippen LogP contribution in [0.25, 0.3) is 28.0 Å². The Hall–Kier alpha value is -2.91. The summed E-state index contributed by atoms with van der Waals surface area (Å²) in [6.07, 6.45) is 4.81. The van der Waals surface area contributed by atoms with Crippen LogP contribution >= 0.6 is 0 Å². The van der Waals surface area contributed by atoms with E-state index < -0.39 is 26.0 Å². The lowest BCUT2D eigenvalue weighted by Gasteiger charge is -2.28. The molecule has 1 aromatic carbocycles. The first-order valence-electron chi connectivity index (χ1n) is 16.3. The standard InChI is InChI=1S/C34H49N5O4SSi2/c1-45(2,3)20-16-42-25-38(26-43-17-21-46(4,5)6)33-22-32(28-14-18-44(40,41)19-15-28)37-34-30(24-36-39(33)34)31-13-12-29(23-35-31)27-10-8-7-9-11-27/h7-13,22-24,28H,14-21,25-26H2,1-6H3. The molecule has 12 heteroatoms. The summed E-state index contributed by atoms with van der Waals surface area (Å²) in [4.78, 5) is 12.0. The minimum Gasteiger partial charge on any atom is -0.361 e. The molecule has 0 saturated carbocycles. The van der Waals surface area contributed by atoms with Gasteiger partial charge in [0.15, 0.2) is 5.65 Å². The van der Waals surface area contributed by atoms with Gasteiger partial charge in [-0.1, -0.05) is 75.7 Å². The van der Waals surface area contributed by atoms with E-state index in [0.29, 0.717) is 45.2 Å². The van der Waals surface area contributed by atoms with E-state index in [0.717, 1.165) is 46.0 Å². The van der Waals surface area contributed by atoms with Gasteiger partial charge < -0.3 is 14.4 Å². The van der Waals surface area contributed by atoms with Gasteiger partial charge in [-0.15, -0.1) is 0 Å². The minimum atomic E-state index is -3.01. The summed E-state index contributed by atoms with van der Waals surface area (Å²) >= 11 is 0. The Labute approximate surface area is 276 Å². The Morgan fingerprint density at radius 1 is 0.848 bits per heavy atom. The first kappa shape index (κ1) is 34.4. The number of hydrogen-bond acceptors (Lipinski definition) is 8. The average Bonchev–Trinajstić information content (AvgIpc) is 3.43. The molecule has 0 N–H and O–H groups in total. The van der Waals surface area contributed by atoms with Gasteiger partial charge in [-0.25, -0.2) is 13.4 Å². The van der Waals surface area contributed by atoms with Crippen molar-refractivity contribution in [1.29, 1.82) is 0 Å². The smallest absolute Gasteiger partial charge is 0.167 e. The fourth-order valence-corrected chi connectivity index (χ4v) is 8.40. The van der Waals surface area contributed by atoms with E-state index in [1.54, 1.807) is 0 Å². The van der Waals surface area contributed by atoms with Crippen LogP contribution in [0.4, 0.5) is 5.82 Å². The maximum absolute atomic E-state index is 12.3. The number of fused-ring (bicyclic) bond motifs is 1. The van der Waals surface area contributed by atoms with Crippen LogP contribution in [0.5, 0.6) is 0 Å². The molecule has 0 radical (unpaired) electrons. The van der Waals surface area contributed by atoms with Gasteiger partial charge in [-0.3, -0.25) is 4.98 Å². The SMILES string of the molecule is C[Si](C)(C)CCOCN(COCC[Si](C)(C)C)c1cc(C2CCS(=O)(=O)CC2)nc2c(-c3ccc(-c4ccccc4)cn3)cnn12. The van der Waals surface area contributed by atoms with Gasteiger partial charge in [0.05, 0.1) is 29.0 Å². The van der Waals surface area contributed by atoms with E-state index in [4.69, 9.17) is 24.5 Å². The Balaban J connectivity index is 1.52. The fourth-order valence-electron chi connectivity index (χ4n) is 5.40. The molecule has 0 aliphatic carbocycles. The maximum atomic E-state index is 12.3. The van der Waals surface area contributed by atoms with Crippen molar-refractivity contribution in [1.82, 2.24) is 19.6 Å². The van der Waals surface area contributed by atoms with Gasteiger partial charge in [0, 0.05) is 58.8 Å². The molecular formula is C34H49N5O4SSi2. The molecule has 0 bridgehead atoms. The number of pyridine rings is 1. The van der Waals surface area contributed by atoms with Crippen molar-refractivity contribution < 1.29 is 17.9 Å². The zero-order valence-corrected chi connectivity index (χ0v) is 31.0. The van der Waals surface area contributed by atoms with Crippen LogP contribution in [0.1, 0.15) is 24.5 Å². The third-order valence-electron chi connectivity index (χ3n) is 8.40. The van der Waals surface area contributed by atoms with Crippen molar-refractivity contribution >= 4 is 37.5 Å².